The van der Waals surface area contributed by atoms with Crippen molar-refractivity contribution in [3.8, 4) is 0 Å². The third-order valence-electron chi connectivity index (χ3n) is 4.31. The number of aromatic amines is 1. The van der Waals surface area contributed by atoms with Crippen LogP contribution in [0.25, 0.3) is 10.9 Å². The normalized spacial score (nSPS) is 12.0. The predicted molar refractivity (Wildman–Crippen MR) is 106 cm³/mol. The number of aromatic nitrogens is 3. The zero-order valence-corrected chi connectivity index (χ0v) is 15.7. The molecular weight excluding hydrogens is 344 g/mol. The van der Waals surface area contributed by atoms with Gasteiger partial charge in [0, 0.05) is 33.0 Å². The molecule has 0 saturated heterocycles. The van der Waals surface area contributed by atoms with Crippen molar-refractivity contribution in [2.75, 3.05) is 37.5 Å². The number of amides is 2. The molecule has 0 spiro atoms. The Labute approximate surface area is 157 Å². The second-order valence-electron chi connectivity index (χ2n) is 6.31. The van der Waals surface area contributed by atoms with Gasteiger partial charge in [-0.2, -0.15) is 5.10 Å². The standard InChI is InChI=1S/C19H24N6O2/c1-13(14-7-5-4-6-8-14)21-19(26)22-17-11-16-15(12-20-17)18(24-23-16)25(2)9-10-27-3/h4-8,11-13H,9-10H2,1-3H3,(H,23,24)(H2,20,21,22,26)/t13-/m1/s1. The summed E-state index contributed by atoms with van der Waals surface area (Å²) in [6, 6.07) is 11.1. The molecule has 0 aliphatic rings. The number of urea groups is 1. The lowest BCUT2D eigenvalue weighted by Crippen LogP contribution is -2.31. The number of methoxy groups -OCH3 is 1. The maximum Gasteiger partial charge on any atom is 0.320 e. The van der Waals surface area contributed by atoms with Crippen molar-refractivity contribution < 1.29 is 9.53 Å². The van der Waals surface area contributed by atoms with Gasteiger partial charge in [-0.25, -0.2) is 9.78 Å². The van der Waals surface area contributed by atoms with E-state index in [4.69, 9.17) is 4.74 Å². The molecule has 142 valence electrons. The van der Waals surface area contributed by atoms with Gasteiger partial charge >= 0.3 is 6.03 Å². The highest BCUT2D eigenvalue weighted by atomic mass is 16.5. The fourth-order valence-corrected chi connectivity index (χ4v) is 2.77. The summed E-state index contributed by atoms with van der Waals surface area (Å²) in [5.74, 6) is 1.25. The number of anilines is 2. The molecule has 1 aromatic carbocycles. The molecule has 2 amide bonds. The number of carbonyl (C=O) groups is 1. The van der Waals surface area contributed by atoms with Crippen LogP contribution in [0.1, 0.15) is 18.5 Å². The number of pyridine rings is 1. The average molecular weight is 368 g/mol. The minimum atomic E-state index is -0.310. The van der Waals surface area contributed by atoms with E-state index in [1.165, 1.54) is 0 Å². The third-order valence-corrected chi connectivity index (χ3v) is 4.31. The van der Waals surface area contributed by atoms with Crippen LogP contribution in [0.4, 0.5) is 16.4 Å². The number of carbonyl (C=O) groups excluding carboxylic acids is 1. The smallest absolute Gasteiger partial charge is 0.320 e. The van der Waals surface area contributed by atoms with E-state index < -0.39 is 0 Å². The van der Waals surface area contributed by atoms with Crippen LogP contribution in [0.2, 0.25) is 0 Å². The van der Waals surface area contributed by atoms with Gasteiger partial charge in [-0.15, -0.1) is 0 Å². The predicted octanol–water partition coefficient (Wildman–Crippen LogP) is 2.92. The molecule has 0 bridgehead atoms. The molecule has 2 heterocycles. The number of rotatable bonds is 7. The van der Waals surface area contributed by atoms with Crippen LogP contribution >= 0.6 is 0 Å². The SMILES string of the molecule is COCCN(C)c1n[nH]c2cc(NC(=O)N[C@H](C)c3ccccc3)ncc12. The zero-order valence-electron chi connectivity index (χ0n) is 15.7. The first-order valence-corrected chi connectivity index (χ1v) is 8.75. The topological polar surface area (TPSA) is 95.2 Å². The first-order chi connectivity index (χ1) is 13.1. The molecule has 8 nitrogen and oxygen atoms in total. The summed E-state index contributed by atoms with van der Waals surface area (Å²) >= 11 is 0. The number of nitrogens with one attached hydrogen (secondary N) is 3. The van der Waals surface area contributed by atoms with E-state index >= 15 is 0 Å². The number of benzene rings is 1. The summed E-state index contributed by atoms with van der Waals surface area (Å²) in [7, 11) is 3.61. The molecule has 3 rings (SSSR count). The van der Waals surface area contributed by atoms with Gasteiger partial charge in [0.05, 0.1) is 23.6 Å². The highest BCUT2D eigenvalue weighted by Gasteiger charge is 2.13. The summed E-state index contributed by atoms with van der Waals surface area (Å²) in [4.78, 5) is 18.6. The van der Waals surface area contributed by atoms with Gasteiger partial charge in [-0.05, 0) is 12.5 Å². The molecule has 27 heavy (non-hydrogen) atoms. The summed E-state index contributed by atoms with van der Waals surface area (Å²) in [6.45, 7) is 3.26. The molecule has 0 aliphatic heterocycles. The van der Waals surface area contributed by atoms with Crippen molar-refractivity contribution in [3.05, 3.63) is 48.2 Å². The van der Waals surface area contributed by atoms with Crippen LogP contribution in [0.5, 0.6) is 0 Å². The van der Waals surface area contributed by atoms with Crippen molar-refractivity contribution >= 4 is 28.6 Å². The molecule has 3 aromatic rings. The molecular formula is C19H24N6O2. The number of fused-ring (bicyclic) bond motifs is 1. The van der Waals surface area contributed by atoms with Crippen LogP contribution in [0.3, 0.4) is 0 Å². The van der Waals surface area contributed by atoms with E-state index in [0.717, 1.165) is 28.8 Å². The molecule has 0 unspecified atom stereocenters. The van der Waals surface area contributed by atoms with Crippen LogP contribution < -0.4 is 15.5 Å². The number of H-pyrrole nitrogens is 1. The first-order valence-electron chi connectivity index (χ1n) is 8.75. The number of ether oxygens (including phenoxy) is 1. The number of nitrogens with zero attached hydrogens (tertiary/aromatic N) is 3. The fraction of sp³-hybridized carbons (Fsp3) is 0.316. The van der Waals surface area contributed by atoms with Gasteiger partial charge < -0.3 is 15.0 Å². The quantitative estimate of drug-likeness (QED) is 0.596. The van der Waals surface area contributed by atoms with Gasteiger partial charge in [0.2, 0.25) is 0 Å². The Bertz CT molecular complexity index is 896. The Morgan fingerprint density at radius 1 is 1.33 bits per heavy atom. The molecule has 0 saturated carbocycles. The van der Waals surface area contributed by atoms with Gasteiger partial charge in [-0.1, -0.05) is 30.3 Å². The zero-order chi connectivity index (χ0) is 19.2. The monoisotopic (exact) mass is 368 g/mol. The van der Waals surface area contributed by atoms with Crippen molar-refractivity contribution in [3.63, 3.8) is 0 Å². The van der Waals surface area contributed by atoms with E-state index in [-0.39, 0.29) is 12.1 Å². The van der Waals surface area contributed by atoms with Crippen LogP contribution in [-0.4, -0.2) is 48.5 Å². The van der Waals surface area contributed by atoms with Crippen LogP contribution in [-0.2, 0) is 4.74 Å². The van der Waals surface area contributed by atoms with E-state index in [1.807, 2.05) is 49.2 Å². The second-order valence-corrected chi connectivity index (χ2v) is 6.31. The van der Waals surface area contributed by atoms with E-state index in [2.05, 4.69) is 25.8 Å². The minimum Gasteiger partial charge on any atom is -0.383 e. The lowest BCUT2D eigenvalue weighted by Gasteiger charge is -2.16. The van der Waals surface area contributed by atoms with E-state index in [1.54, 1.807) is 19.4 Å². The van der Waals surface area contributed by atoms with E-state index in [9.17, 15) is 4.79 Å². The highest BCUT2D eigenvalue weighted by molar-refractivity contribution is 5.94. The molecule has 0 aliphatic carbocycles. The first kappa shape index (κ1) is 18.7. The van der Waals surface area contributed by atoms with Gasteiger partial charge in [0.15, 0.2) is 5.82 Å². The van der Waals surface area contributed by atoms with Crippen molar-refractivity contribution in [2.45, 2.75) is 13.0 Å². The average Bonchev–Trinajstić information content (AvgIpc) is 3.10. The molecule has 1 atom stereocenters. The summed E-state index contributed by atoms with van der Waals surface area (Å²) in [5.41, 5.74) is 1.84. The Balaban J connectivity index is 1.66. The largest absolute Gasteiger partial charge is 0.383 e. The number of hydrogen-bond donors (Lipinski definition) is 3. The Kier molecular flexibility index (Phi) is 5.87. The fourth-order valence-electron chi connectivity index (χ4n) is 2.77. The number of hydrogen-bond acceptors (Lipinski definition) is 5. The van der Waals surface area contributed by atoms with Crippen LogP contribution in [0, 0.1) is 0 Å². The van der Waals surface area contributed by atoms with Crippen LogP contribution in [0.15, 0.2) is 42.6 Å². The summed E-state index contributed by atoms with van der Waals surface area (Å²) in [5, 5.41) is 13.9. The van der Waals surface area contributed by atoms with E-state index in [0.29, 0.717) is 12.4 Å². The minimum absolute atomic E-state index is 0.108. The van der Waals surface area contributed by atoms with Gasteiger partial charge in [0.1, 0.15) is 5.82 Å². The van der Waals surface area contributed by atoms with Gasteiger partial charge in [0.25, 0.3) is 0 Å². The third kappa shape index (κ3) is 4.53. The highest BCUT2D eigenvalue weighted by Crippen LogP contribution is 2.24. The second kappa shape index (κ2) is 8.50. The Morgan fingerprint density at radius 2 is 2.11 bits per heavy atom. The number of likely N-dealkylation sites (N-methyl/N-ethyl adjacent to an activating group) is 1. The summed E-state index contributed by atoms with van der Waals surface area (Å²) in [6.07, 6.45) is 1.70. The Hall–Kier alpha value is -3.13. The molecule has 2 aromatic heterocycles. The van der Waals surface area contributed by atoms with Crippen molar-refractivity contribution in [2.24, 2.45) is 0 Å². The maximum atomic E-state index is 12.3. The molecule has 8 heteroatoms. The van der Waals surface area contributed by atoms with Crippen molar-refractivity contribution in [1.29, 1.82) is 0 Å². The molecule has 0 radical (unpaired) electrons. The van der Waals surface area contributed by atoms with Crippen molar-refractivity contribution in [1.82, 2.24) is 20.5 Å². The lowest BCUT2D eigenvalue weighted by atomic mass is 10.1. The Morgan fingerprint density at radius 3 is 2.85 bits per heavy atom. The maximum absolute atomic E-state index is 12.3. The lowest BCUT2D eigenvalue weighted by molar-refractivity contribution is 0.206. The summed E-state index contributed by atoms with van der Waals surface area (Å²) < 4.78 is 5.10. The van der Waals surface area contributed by atoms with Gasteiger partial charge in [-0.3, -0.25) is 10.4 Å². The molecule has 3 N–H and O–H groups in total. The molecule has 0 fully saturated rings.